The van der Waals surface area contributed by atoms with Crippen LogP contribution in [0.3, 0.4) is 0 Å². The molecule has 0 saturated carbocycles. The molecule has 31 heavy (non-hydrogen) atoms. The van der Waals surface area contributed by atoms with E-state index in [9.17, 15) is 23.9 Å². The molecule has 2 amide bonds. The molecule has 0 spiro atoms. The molecule has 0 bridgehead atoms. The first-order chi connectivity index (χ1) is 14.6. The first-order valence-corrected chi connectivity index (χ1v) is 9.85. The van der Waals surface area contributed by atoms with Gasteiger partial charge in [-0.2, -0.15) is 0 Å². The Kier molecular flexibility index (Phi) is 9.72. The van der Waals surface area contributed by atoms with E-state index in [1.165, 1.54) is 17.9 Å². The molecule has 9 heteroatoms. The number of pyridine rings is 1. The third-order valence-electron chi connectivity index (χ3n) is 4.74. The van der Waals surface area contributed by atoms with Crippen LogP contribution in [0.15, 0.2) is 48.6 Å². The van der Waals surface area contributed by atoms with Crippen LogP contribution in [-0.2, 0) is 11.3 Å². The van der Waals surface area contributed by atoms with E-state index in [0.29, 0.717) is 45.1 Å². The Labute approximate surface area is 182 Å². The number of likely N-dealkylation sites (N-methyl/N-ethyl adjacent to an activating group) is 1. The van der Waals surface area contributed by atoms with Gasteiger partial charge in [-0.3, -0.25) is 14.4 Å². The highest BCUT2D eigenvalue weighted by molar-refractivity contribution is 5.96. The molecule has 0 radical (unpaired) electrons. The lowest BCUT2D eigenvalue weighted by Crippen LogP contribution is -2.50. The van der Waals surface area contributed by atoms with Crippen LogP contribution in [0.4, 0.5) is 10.2 Å². The Morgan fingerprint density at radius 3 is 2.10 bits per heavy atom. The highest BCUT2D eigenvalue weighted by Gasteiger charge is 2.30. The van der Waals surface area contributed by atoms with Crippen molar-refractivity contribution in [2.75, 3.05) is 44.7 Å². The summed E-state index contributed by atoms with van der Waals surface area (Å²) >= 11 is 0. The lowest BCUT2D eigenvalue weighted by molar-refractivity contribution is -0.129. The number of carbonyl (C=O) groups is 2. The van der Waals surface area contributed by atoms with Gasteiger partial charge in [0.1, 0.15) is 11.6 Å². The van der Waals surface area contributed by atoms with Crippen LogP contribution < -0.4 is 10.3 Å². The fourth-order valence-corrected chi connectivity index (χ4v) is 3.11. The largest absolute Gasteiger partial charge is 0.503 e. The second kappa shape index (κ2) is 11.7. The van der Waals surface area contributed by atoms with Gasteiger partial charge in [0.15, 0.2) is 11.4 Å². The zero-order chi connectivity index (χ0) is 23.7. The first kappa shape index (κ1) is 25.7. The molecule has 3 heterocycles. The molecule has 1 fully saturated rings. The van der Waals surface area contributed by atoms with E-state index in [4.69, 9.17) is 0 Å². The van der Waals surface area contributed by atoms with Crippen LogP contribution in [0.5, 0.6) is 5.75 Å². The summed E-state index contributed by atoms with van der Waals surface area (Å²) in [5.41, 5.74) is -0.501. The smallest absolute Gasteiger partial charge is 0.274 e. The standard InChI is InChI=1S/C15H20N4O4.C4H5F.C3H6/c1-10(20)17-4-6-18(7-5-17)12-9-11(21)14(22)13-15(23)16(2)3-8-19(12)13;1-3-4(2)5;1-3-2/h9,22H,3-8H2,1-2H3;3H,1-2H2;3H,1H2,2H3. The van der Waals surface area contributed by atoms with Crippen LogP contribution in [0.1, 0.15) is 24.3 Å². The second-order valence-electron chi connectivity index (χ2n) is 6.99. The van der Waals surface area contributed by atoms with E-state index in [2.05, 4.69) is 19.7 Å². The number of amides is 2. The van der Waals surface area contributed by atoms with Crippen molar-refractivity contribution in [1.29, 1.82) is 0 Å². The van der Waals surface area contributed by atoms with Crippen LogP contribution in [0, 0.1) is 0 Å². The maximum Gasteiger partial charge on any atom is 0.274 e. The van der Waals surface area contributed by atoms with Crippen LogP contribution in [0.2, 0.25) is 0 Å². The summed E-state index contributed by atoms with van der Waals surface area (Å²) in [5, 5.41) is 10.0. The van der Waals surface area contributed by atoms with E-state index in [-0.39, 0.29) is 17.5 Å². The molecular weight excluding hydrogens is 403 g/mol. The number of carbonyl (C=O) groups excluding carboxylic acids is 2. The Hall–Kier alpha value is -3.36. The van der Waals surface area contributed by atoms with Crippen molar-refractivity contribution in [3.63, 3.8) is 0 Å². The number of aromatic hydroxyl groups is 1. The Balaban J connectivity index is 0.000000519. The fourth-order valence-electron chi connectivity index (χ4n) is 3.11. The third kappa shape index (κ3) is 6.56. The van der Waals surface area contributed by atoms with E-state index in [0.717, 1.165) is 6.08 Å². The molecule has 1 aromatic rings. The van der Waals surface area contributed by atoms with Crippen molar-refractivity contribution in [2.45, 2.75) is 20.4 Å². The van der Waals surface area contributed by atoms with Gasteiger partial charge in [-0.05, 0) is 13.0 Å². The SMILES string of the molecule is C=CC.C=CC(=C)F.CC(=O)N1CCN(c2cc(=O)c(O)c3n2CCN(C)C3=O)CC1. The molecular formula is C22H31FN4O4. The van der Waals surface area contributed by atoms with Crippen LogP contribution in [-0.4, -0.2) is 71.1 Å². The van der Waals surface area contributed by atoms with Gasteiger partial charge in [-0.15, -0.1) is 6.58 Å². The maximum absolute atomic E-state index is 12.3. The van der Waals surface area contributed by atoms with Crippen molar-refractivity contribution < 1.29 is 19.1 Å². The lowest BCUT2D eigenvalue weighted by atomic mass is 10.2. The minimum Gasteiger partial charge on any atom is -0.503 e. The minimum absolute atomic E-state index is 0.0337. The number of piperazine rings is 1. The third-order valence-corrected chi connectivity index (χ3v) is 4.74. The molecule has 170 valence electrons. The molecule has 1 N–H and O–H groups in total. The van der Waals surface area contributed by atoms with Gasteiger partial charge in [-0.25, -0.2) is 4.39 Å². The average Bonchev–Trinajstić information content (AvgIpc) is 2.74. The molecule has 3 rings (SSSR count). The normalized spacial score (nSPS) is 15.0. The summed E-state index contributed by atoms with van der Waals surface area (Å²) in [6.45, 7) is 16.1. The zero-order valence-electron chi connectivity index (χ0n) is 18.4. The van der Waals surface area contributed by atoms with Gasteiger partial charge >= 0.3 is 0 Å². The van der Waals surface area contributed by atoms with Gasteiger partial charge in [0.2, 0.25) is 11.3 Å². The van der Waals surface area contributed by atoms with E-state index < -0.39 is 17.0 Å². The highest BCUT2D eigenvalue weighted by atomic mass is 19.1. The average molecular weight is 435 g/mol. The number of halogens is 1. The lowest BCUT2D eigenvalue weighted by Gasteiger charge is -2.38. The van der Waals surface area contributed by atoms with Gasteiger partial charge in [0.25, 0.3) is 5.91 Å². The van der Waals surface area contributed by atoms with Crippen molar-refractivity contribution in [1.82, 2.24) is 14.4 Å². The molecule has 0 unspecified atom stereocenters. The highest BCUT2D eigenvalue weighted by Crippen LogP contribution is 2.26. The molecule has 0 atom stereocenters. The number of allylic oxidation sites excluding steroid dienone is 3. The molecule has 1 saturated heterocycles. The predicted molar refractivity (Wildman–Crippen MR) is 120 cm³/mol. The molecule has 2 aliphatic rings. The molecule has 8 nitrogen and oxygen atoms in total. The van der Waals surface area contributed by atoms with Crippen molar-refractivity contribution in [3.05, 3.63) is 59.7 Å². The monoisotopic (exact) mass is 434 g/mol. The van der Waals surface area contributed by atoms with Crippen molar-refractivity contribution in [2.24, 2.45) is 0 Å². The molecule has 2 aliphatic heterocycles. The topological polar surface area (TPSA) is 86.1 Å². The predicted octanol–water partition coefficient (Wildman–Crippen LogP) is 2.16. The summed E-state index contributed by atoms with van der Waals surface area (Å²) in [5.74, 6) is -0.661. The zero-order valence-corrected chi connectivity index (χ0v) is 18.4. The second-order valence-corrected chi connectivity index (χ2v) is 6.99. The summed E-state index contributed by atoms with van der Waals surface area (Å²) < 4.78 is 12.8. The summed E-state index contributed by atoms with van der Waals surface area (Å²) in [7, 11) is 1.65. The van der Waals surface area contributed by atoms with E-state index in [1.807, 2.05) is 11.8 Å². The number of hydrogen-bond acceptors (Lipinski definition) is 5. The Morgan fingerprint density at radius 1 is 1.13 bits per heavy atom. The Bertz CT molecular complexity index is 902. The number of rotatable bonds is 2. The van der Waals surface area contributed by atoms with E-state index >= 15 is 0 Å². The van der Waals surface area contributed by atoms with Gasteiger partial charge in [0.05, 0.1) is 0 Å². The number of nitrogens with zero attached hydrogens (tertiary/aromatic N) is 4. The number of fused-ring (bicyclic) bond motifs is 1. The number of hydrogen-bond donors (Lipinski definition) is 1. The van der Waals surface area contributed by atoms with Crippen LogP contribution >= 0.6 is 0 Å². The molecule has 0 aromatic carbocycles. The number of anilines is 1. The maximum atomic E-state index is 12.3. The van der Waals surface area contributed by atoms with E-state index in [1.54, 1.807) is 22.6 Å². The van der Waals surface area contributed by atoms with Crippen molar-refractivity contribution in [3.8, 4) is 5.75 Å². The van der Waals surface area contributed by atoms with Gasteiger partial charge in [-0.1, -0.05) is 19.2 Å². The summed E-state index contributed by atoms with van der Waals surface area (Å²) in [6, 6.07) is 1.38. The van der Waals surface area contributed by atoms with Crippen LogP contribution in [0.25, 0.3) is 0 Å². The van der Waals surface area contributed by atoms with Crippen molar-refractivity contribution >= 4 is 17.6 Å². The minimum atomic E-state index is -0.552. The van der Waals surface area contributed by atoms with Gasteiger partial charge in [0, 0.05) is 59.3 Å². The summed E-state index contributed by atoms with van der Waals surface area (Å²) in [6.07, 6.45) is 2.81. The first-order valence-electron chi connectivity index (χ1n) is 9.85. The Morgan fingerprint density at radius 2 is 1.65 bits per heavy atom. The molecule has 1 aromatic heterocycles. The quantitative estimate of drug-likeness (QED) is 0.570. The summed E-state index contributed by atoms with van der Waals surface area (Å²) in [4.78, 5) is 41.0. The fraction of sp³-hybridized carbons (Fsp3) is 0.409. The number of aromatic nitrogens is 1. The van der Waals surface area contributed by atoms with Gasteiger partial charge < -0.3 is 24.4 Å². The molecule has 0 aliphatic carbocycles.